The van der Waals surface area contributed by atoms with Gasteiger partial charge in [0.15, 0.2) is 0 Å². The standard InChI is InChI=1S/C29H33N5O4.C23H28IN5O4.C23H29N5O4.C22H25Cl2N5O2/c1-4-24(35)33-14-11-18(12-15-33)21-10-13-31-29-26(28(30)36)27(32-34(21)29)20-16-22(37-2)25(23(17-20)38-3)19-8-6-5-7-9-19;1-4-18(30)28-9-6-13(7-10-28)15-5-8-26-23-19(22(25)31)21(27-29(15)23)14-11-16(32-2)20(24)17(12-14)33-3;1-4-19(29)27-9-6-14(7-10-27)18-5-8-25-23-20(22(24)30)21(26-28(18)23)15-11-16(31-2)13-17(12-15)32-3;1-3-18(30)28-8-5-13(6-9-28)17-4-7-26-22-19(21(25)31)20(27-29(17)22)14-10-15(23)12(2)16(24)11-14/h4-9,16-18,21,31H,1,10-15H2,2-3H3,(H2,30,36);4,11-13,15,26H,1,5-10H2,2-3H3,(H2,25,31);4,11-14,18,25H,1,5-10H2,2-3H3,(H2,24,30);3,10-11,13,17,26H,1,4-9H2,2H3,(H2,25,31). The summed E-state index contributed by atoms with van der Waals surface area (Å²) in [5, 5.41) is 33.9. The molecule has 4 fully saturated rings. The molecule has 4 unspecified atom stereocenters. The average Bonchev–Trinajstić information content (AvgIpc) is 1.60. The number of nitrogens with two attached hydrogens (primary N) is 4. The van der Waals surface area contributed by atoms with Gasteiger partial charge in [0, 0.05) is 117 Å². The van der Waals surface area contributed by atoms with Crippen molar-refractivity contribution in [3.05, 3.63) is 177 Å². The fourth-order valence-corrected chi connectivity index (χ4v) is 21.1. The molecule has 8 aliphatic heterocycles. The summed E-state index contributed by atoms with van der Waals surface area (Å²) < 4.78 is 41.9. The van der Waals surface area contributed by atoms with Gasteiger partial charge in [-0.15, -0.1) is 0 Å². The summed E-state index contributed by atoms with van der Waals surface area (Å²) in [5.74, 6) is 5.30. The van der Waals surface area contributed by atoms with Gasteiger partial charge < -0.3 is 92.2 Å². The number of methoxy groups -OCH3 is 6. The van der Waals surface area contributed by atoms with Gasteiger partial charge in [-0.1, -0.05) is 79.8 Å². The molecule has 17 rings (SSSR count). The highest BCUT2D eigenvalue weighted by Crippen LogP contribution is 2.50. The summed E-state index contributed by atoms with van der Waals surface area (Å²) in [6.45, 7) is 24.6. The van der Waals surface area contributed by atoms with Crippen LogP contribution in [0.3, 0.4) is 0 Å². The Bertz CT molecular complexity index is 5880. The van der Waals surface area contributed by atoms with Crippen LogP contribution in [0.25, 0.3) is 56.2 Å². The van der Waals surface area contributed by atoms with Crippen LogP contribution >= 0.6 is 45.8 Å². The van der Waals surface area contributed by atoms with E-state index in [0.29, 0.717) is 218 Å². The van der Waals surface area contributed by atoms with Crippen LogP contribution in [0.1, 0.15) is 148 Å². The Balaban J connectivity index is 0.000000144. The number of carbonyl (C=O) groups is 8. The Morgan fingerprint density at radius 3 is 0.866 bits per heavy atom. The number of halogens is 3. The SMILES string of the molecule is C=CC(=O)N1CCC(C2CCNc3c(C(N)=O)c(-c4cc(Cl)c(C)c(Cl)c4)nn32)CC1.C=CC(=O)N1CCC(C2CCNc3c(C(N)=O)c(-c4cc(OC)c(-c5ccccc5)c(OC)c4)nn32)CC1.C=CC(=O)N1CCC(C2CCNc3c(C(N)=O)c(-c4cc(OC)c(I)c(OC)c4)nn32)CC1.C=CC(=O)N1CCC(C2CCNc3c(C(N)=O)c(-c4cc(OC)cc(OC)c4)nn32)CC1. The van der Waals surface area contributed by atoms with Crippen molar-refractivity contribution in [1.82, 2.24) is 58.7 Å². The van der Waals surface area contributed by atoms with Crippen molar-refractivity contribution in [3.8, 4) is 90.7 Å². The van der Waals surface area contributed by atoms with Gasteiger partial charge in [0.2, 0.25) is 23.6 Å². The molecular weight excluding hydrogens is 1870 g/mol. The molecule has 4 saturated heterocycles. The molecule has 8 aliphatic rings. The molecule has 8 amide bonds. The van der Waals surface area contributed by atoms with E-state index in [9.17, 15) is 38.4 Å². The summed E-state index contributed by atoms with van der Waals surface area (Å²) in [6, 6.07) is 26.7. The molecule has 34 nitrogen and oxygen atoms in total. The Kier molecular flexibility index (Phi) is 31.1. The molecule has 37 heteroatoms. The van der Waals surface area contributed by atoms with Crippen molar-refractivity contribution in [2.45, 2.75) is 108 Å². The minimum absolute atomic E-state index is 0.0289. The van der Waals surface area contributed by atoms with E-state index in [1.807, 2.05) is 112 Å². The molecule has 4 aromatic heterocycles. The van der Waals surface area contributed by atoms with E-state index in [1.165, 1.54) is 24.3 Å². The second-order valence-electron chi connectivity index (χ2n) is 34.1. The number of anilines is 4. The predicted octanol–water partition coefficient (Wildman–Crippen LogP) is 13.7. The second-order valence-corrected chi connectivity index (χ2v) is 36.0. The maximum atomic E-state index is 12.8. The fraction of sp³-hybridized carbons (Fsp3) is 0.402. The van der Waals surface area contributed by atoms with Crippen LogP contribution in [0.15, 0.2) is 136 Å². The number of piperidine rings is 4. The monoisotopic (exact) mass is 1980 g/mol. The van der Waals surface area contributed by atoms with Gasteiger partial charge in [-0.2, -0.15) is 20.4 Å². The summed E-state index contributed by atoms with van der Waals surface area (Å²) in [4.78, 5) is 105. The molecule has 708 valence electrons. The third-order valence-corrected chi connectivity index (χ3v) is 28.7. The van der Waals surface area contributed by atoms with Crippen LogP contribution in [0, 0.1) is 34.2 Å². The highest BCUT2D eigenvalue weighted by atomic mass is 127. The minimum atomic E-state index is -0.552. The number of carbonyl (C=O) groups excluding carboxylic acids is 8. The van der Waals surface area contributed by atoms with Crippen LogP contribution in [0.4, 0.5) is 23.3 Å². The number of benzene rings is 5. The first kappa shape index (κ1) is 97.0. The maximum absolute atomic E-state index is 12.8. The van der Waals surface area contributed by atoms with Gasteiger partial charge in [-0.25, -0.2) is 18.7 Å². The van der Waals surface area contributed by atoms with Crippen molar-refractivity contribution in [2.75, 3.05) is 142 Å². The number of fused-ring (bicyclic) bond motifs is 4. The molecule has 0 bridgehead atoms. The third kappa shape index (κ3) is 20.1. The minimum Gasteiger partial charge on any atom is -0.497 e. The molecule has 134 heavy (non-hydrogen) atoms. The van der Waals surface area contributed by atoms with Gasteiger partial charge in [0.1, 0.15) is 103 Å². The molecule has 9 aromatic rings. The number of ether oxygens (including phenoxy) is 6. The van der Waals surface area contributed by atoms with E-state index in [0.717, 1.165) is 117 Å². The zero-order valence-electron chi connectivity index (χ0n) is 76.3. The van der Waals surface area contributed by atoms with Gasteiger partial charge in [-0.3, -0.25) is 38.4 Å². The van der Waals surface area contributed by atoms with Gasteiger partial charge in [0.05, 0.1) is 76.0 Å². The number of nitrogens with zero attached hydrogens (tertiary/aromatic N) is 12. The van der Waals surface area contributed by atoms with Crippen molar-refractivity contribution in [2.24, 2.45) is 46.6 Å². The molecule has 5 aromatic carbocycles. The normalized spacial score (nSPS) is 18.2. The number of hydrogen-bond donors (Lipinski definition) is 8. The van der Waals surface area contributed by atoms with Crippen LogP contribution in [-0.2, 0) is 19.2 Å². The molecule has 4 atom stereocenters. The van der Waals surface area contributed by atoms with E-state index in [-0.39, 0.29) is 47.8 Å². The Morgan fingerprint density at radius 1 is 0.366 bits per heavy atom. The summed E-state index contributed by atoms with van der Waals surface area (Å²) in [5.41, 5.74) is 32.0. The van der Waals surface area contributed by atoms with Crippen LogP contribution in [0.2, 0.25) is 10.0 Å². The first-order valence-corrected chi connectivity index (χ1v) is 46.7. The summed E-state index contributed by atoms with van der Waals surface area (Å²) >= 11 is 14.8. The first-order chi connectivity index (χ1) is 64.6. The topological polar surface area (TPSA) is 428 Å². The number of amides is 8. The highest BCUT2D eigenvalue weighted by molar-refractivity contribution is 14.1. The fourth-order valence-electron chi connectivity index (χ4n) is 19.9. The Morgan fingerprint density at radius 2 is 0.619 bits per heavy atom. The van der Waals surface area contributed by atoms with E-state index in [2.05, 4.69) is 70.2 Å². The lowest BCUT2D eigenvalue weighted by molar-refractivity contribution is -0.128. The lowest BCUT2D eigenvalue weighted by atomic mass is 9.87. The number of hydrogen-bond acceptors (Lipinski definition) is 22. The largest absolute Gasteiger partial charge is 0.497 e. The molecule has 0 aliphatic carbocycles. The maximum Gasteiger partial charge on any atom is 0.254 e. The number of aromatic nitrogens is 8. The van der Waals surface area contributed by atoms with E-state index in [1.54, 1.807) is 60.9 Å². The summed E-state index contributed by atoms with van der Waals surface area (Å²) in [7, 11) is 9.56. The average molecular weight is 1980 g/mol. The van der Waals surface area contributed by atoms with Crippen molar-refractivity contribution in [1.29, 1.82) is 0 Å². The van der Waals surface area contributed by atoms with Gasteiger partial charge in [0.25, 0.3) is 23.6 Å². The van der Waals surface area contributed by atoms with E-state index >= 15 is 0 Å². The third-order valence-electron chi connectivity index (χ3n) is 26.8. The predicted molar refractivity (Wildman–Crippen MR) is 524 cm³/mol. The lowest BCUT2D eigenvalue weighted by Crippen LogP contribution is -2.41. The first-order valence-electron chi connectivity index (χ1n) is 44.9. The summed E-state index contributed by atoms with van der Waals surface area (Å²) in [6.07, 6.45) is 15.9. The molecule has 12 N–H and O–H groups in total. The van der Waals surface area contributed by atoms with Crippen molar-refractivity contribution >= 4 is 116 Å². The Labute approximate surface area is 801 Å². The number of likely N-dealkylation sites (tertiary alicyclic amines) is 4. The van der Waals surface area contributed by atoms with Crippen LogP contribution < -0.4 is 72.6 Å². The molecular formula is C97H115Cl2IN20O14. The van der Waals surface area contributed by atoms with Crippen LogP contribution in [-0.4, -0.2) is 227 Å². The number of nitrogens with one attached hydrogen (secondary N) is 4. The Hall–Kier alpha value is -13.0. The zero-order valence-corrected chi connectivity index (χ0v) is 80.0. The number of rotatable bonds is 23. The molecule has 0 saturated carbocycles. The smallest absolute Gasteiger partial charge is 0.254 e. The van der Waals surface area contributed by atoms with Crippen molar-refractivity contribution < 1.29 is 66.8 Å². The zero-order chi connectivity index (χ0) is 95.6. The quantitative estimate of drug-likeness (QED) is 0.0218. The van der Waals surface area contributed by atoms with Crippen LogP contribution in [0.5, 0.6) is 34.5 Å². The van der Waals surface area contributed by atoms with Crippen molar-refractivity contribution in [3.63, 3.8) is 0 Å². The second kappa shape index (κ2) is 42.9. The highest BCUT2D eigenvalue weighted by Gasteiger charge is 2.42. The van der Waals surface area contributed by atoms with Gasteiger partial charge in [-0.05, 0) is 214 Å². The van der Waals surface area contributed by atoms with E-state index in [4.69, 9.17) is 95.0 Å². The van der Waals surface area contributed by atoms with E-state index < -0.39 is 23.6 Å². The molecule has 0 radical (unpaired) electrons. The molecule has 0 spiro atoms. The molecule has 12 heterocycles. The number of primary amides is 4. The lowest BCUT2D eigenvalue weighted by Gasteiger charge is -2.38. The van der Waals surface area contributed by atoms with Gasteiger partial charge >= 0.3 is 0 Å².